The normalized spacial score (nSPS) is 25.9. The van der Waals surface area contributed by atoms with Gasteiger partial charge in [-0.15, -0.1) is 0 Å². The second-order valence-electron chi connectivity index (χ2n) is 2.32. The Morgan fingerprint density at radius 3 is 1.85 bits per heavy atom. The summed E-state index contributed by atoms with van der Waals surface area (Å²) in [6.45, 7) is 0. The maximum atomic E-state index is 13.0. The molecule has 0 aliphatic heterocycles. The lowest BCUT2D eigenvalue weighted by Crippen LogP contribution is -2.29. The molecule has 7 heteroatoms. The van der Waals surface area contributed by atoms with Gasteiger partial charge < -0.3 is 0 Å². The molecule has 13 heavy (non-hydrogen) atoms. The summed E-state index contributed by atoms with van der Waals surface area (Å²) >= 11 is 7.24. The lowest BCUT2D eigenvalue weighted by atomic mass is 10.1. The molecule has 1 rings (SSSR count). The van der Waals surface area contributed by atoms with Crippen molar-refractivity contribution in [1.29, 1.82) is 0 Å². The minimum Gasteiger partial charge on any atom is -0.196 e. The van der Waals surface area contributed by atoms with E-state index in [0.29, 0.717) is 0 Å². The standard InChI is InChI=1S/C6HBr3F4/c7-2-1-5(10,11)3(8)4(9)6(2,12)13/h1H. The van der Waals surface area contributed by atoms with Crippen LogP contribution in [-0.4, -0.2) is 11.8 Å². The number of hydrogen-bond donors (Lipinski definition) is 0. The largest absolute Gasteiger partial charge is 0.311 e. The number of alkyl halides is 4. The molecule has 0 heterocycles. The van der Waals surface area contributed by atoms with Crippen LogP contribution < -0.4 is 0 Å². The Morgan fingerprint density at radius 2 is 1.38 bits per heavy atom. The van der Waals surface area contributed by atoms with Crippen LogP contribution in [-0.2, 0) is 0 Å². The smallest absolute Gasteiger partial charge is 0.196 e. The summed E-state index contributed by atoms with van der Waals surface area (Å²) in [7, 11) is 0. The molecule has 0 amide bonds. The first-order valence-corrected chi connectivity index (χ1v) is 5.28. The zero-order chi connectivity index (χ0) is 10.4. The first-order valence-electron chi connectivity index (χ1n) is 2.90. The second kappa shape index (κ2) is 3.34. The average molecular weight is 389 g/mol. The molecular weight excluding hydrogens is 388 g/mol. The lowest BCUT2D eigenvalue weighted by Gasteiger charge is -2.25. The van der Waals surface area contributed by atoms with Gasteiger partial charge in [0.05, 0.1) is 13.4 Å². The molecule has 0 nitrogen and oxygen atoms in total. The van der Waals surface area contributed by atoms with Gasteiger partial charge >= 0.3 is 5.92 Å². The molecule has 0 aromatic carbocycles. The zero-order valence-electron chi connectivity index (χ0n) is 5.72. The number of allylic oxidation sites excluding steroid dienone is 4. The van der Waals surface area contributed by atoms with Crippen molar-refractivity contribution in [3.63, 3.8) is 0 Å². The van der Waals surface area contributed by atoms with Crippen molar-refractivity contribution in [2.24, 2.45) is 0 Å². The van der Waals surface area contributed by atoms with Crippen molar-refractivity contribution in [3.05, 3.63) is 19.5 Å². The highest BCUT2D eigenvalue weighted by Gasteiger charge is 2.49. The second-order valence-corrected chi connectivity index (χ2v) is 4.76. The fourth-order valence-corrected chi connectivity index (χ4v) is 2.30. The van der Waals surface area contributed by atoms with Crippen LogP contribution in [0.5, 0.6) is 0 Å². The van der Waals surface area contributed by atoms with Gasteiger partial charge in [-0.2, -0.15) is 17.6 Å². The third-order valence-corrected chi connectivity index (χ3v) is 4.45. The highest BCUT2D eigenvalue weighted by molar-refractivity contribution is 9.14. The predicted molar refractivity (Wildman–Crippen MR) is 51.8 cm³/mol. The third kappa shape index (κ3) is 1.87. The molecule has 74 valence electrons. The monoisotopic (exact) mass is 386 g/mol. The molecule has 0 saturated carbocycles. The molecule has 0 fully saturated rings. The number of hydrogen-bond acceptors (Lipinski definition) is 0. The zero-order valence-corrected chi connectivity index (χ0v) is 10.5. The van der Waals surface area contributed by atoms with E-state index in [-0.39, 0.29) is 6.08 Å². The van der Waals surface area contributed by atoms with E-state index in [9.17, 15) is 17.6 Å². The van der Waals surface area contributed by atoms with Crippen LogP contribution in [0.1, 0.15) is 0 Å². The third-order valence-electron chi connectivity index (χ3n) is 1.37. The summed E-state index contributed by atoms with van der Waals surface area (Å²) in [5, 5.41) is 0. The van der Waals surface area contributed by atoms with E-state index in [1.54, 1.807) is 0 Å². The van der Waals surface area contributed by atoms with Gasteiger partial charge in [0.25, 0.3) is 5.92 Å². The summed E-state index contributed by atoms with van der Waals surface area (Å²) in [5.41, 5.74) is 0. The summed E-state index contributed by atoms with van der Waals surface area (Å²) in [4.78, 5) is 0. The van der Waals surface area contributed by atoms with E-state index in [2.05, 4.69) is 47.8 Å². The molecule has 1 aliphatic rings. The van der Waals surface area contributed by atoms with E-state index in [1.807, 2.05) is 0 Å². The summed E-state index contributed by atoms with van der Waals surface area (Å²) in [6, 6.07) is 0. The summed E-state index contributed by atoms with van der Waals surface area (Å²) in [6.07, 6.45) is 0.168. The molecule has 0 spiro atoms. The van der Waals surface area contributed by atoms with Crippen LogP contribution in [0, 0.1) is 0 Å². The molecule has 0 radical (unpaired) electrons. The van der Waals surface area contributed by atoms with Crippen LogP contribution in [0.15, 0.2) is 19.5 Å². The molecule has 0 aromatic heterocycles. The van der Waals surface area contributed by atoms with Crippen LogP contribution in [0.4, 0.5) is 17.6 Å². The van der Waals surface area contributed by atoms with Crippen LogP contribution in [0.25, 0.3) is 0 Å². The molecule has 0 aromatic rings. The van der Waals surface area contributed by atoms with Crippen LogP contribution in [0.2, 0.25) is 0 Å². The van der Waals surface area contributed by atoms with Crippen LogP contribution >= 0.6 is 47.8 Å². The molecular formula is C6HBr3F4. The van der Waals surface area contributed by atoms with Crippen molar-refractivity contribution < 1.29 is 17.6 Å². The van der Waals surface area contributed by atoms with Gasteiger partial charge in [-0.3, -0.25) is 0 Å². The van der Waals surface area contributed by atoms with Gasteiger partial charge in [0.1, 0.15) is 0 Å². The SMILES string of the molecule is FC1(F)C=C(Br)C(F)(F)C(Br)=C1Br. The Balaban J connectivity index is 3.30. The Morgan fingerprint density at radius 1 is 0.923 bits per heavy atom. The fraction of sp³-hybridized carbons (Fsp3) is 0.333. The van der Waals surface area contributed by atoms with Crippen molar-refractivity contribution >= 4 is 47.8 Å². The Kier molecular flexibility index (Phi) is 3.01. The van der Waals surface area contributed by atoms with Crippen molar-refractivity contribution in [2.75, 3.05) is 0 Å². The predicted octanol–water partition coefficient (Wildman–Crippen LogP) is 4.55. The summed E-state index contributed by atoms with van der Waals surface area (Å²) < 4.78 is 49.2. The number of rotatable bonds is 0. The first kappa shape index (κ1) is 11.7. The van der Waals surface area contributed by atoms with E-state index < -0.39 is 25.3 Å². The van der Waals surface area contributed by atoms with Crippen LogP contribution in [0.3, 0.4) is 0 Å². The van der Waals surface area contributed by atoms with Gasteiger partial charge in [-0.25, -0.2) is 0 Å². The van der Waals surface area contributed by atoms with E-state index in [4.69, 9.17) is 0 Å². The lowest BCUT2D eigenvalue weighted by molar-refractivity contribution is 0.0643. The molecule has 1 aliphatic carbocycles. The maximum Gasteiger partial charge on any atom is 0.311 e. The highest BCUT2D eigenvalue weighted by Crippen LogP contribution is 2.51. The van der Waals surface area contributed by atoms with Crippen molar-refractivity contribution in [1.82, 2.24) is 0 Å². The first-order chi connectivity index (χ1) is 5.69. The minimum absolute atomic E-state index is 0.168. The van der Waals surface area contributed by atoms with Gasteiger partial charge in [0.15, 0.2) is 0 Å². The molecule has 0 bridgehead atoms. The van der Waals surface area contributed by atoms with E-state index in [0.717, 1.165) is 0 Å². The van der Waals surface area contributed by atoms with Gasteiger partial charge in [-0.1, -0.05) is 0 Å². The maximum absolute atomic E-state index is 13.0. The van der Waals surface area contributed by atoms with E-state index >= 15 is 0 Å². The summed E-state index contributed by atoms with van der Waals surface area (Å²) in [5.74, 6) is -6.83. The van der Waals surface area contributed by atoms with Gasteiger partial charge in [0, 0.05) is 6.08 Å². The highest BCUT2D eigenvalue weighted by atomic mass is 79.9. The number of halogens is 7. The van der Waals surface area contributed by atoms with Gasteiger partial charge in [-0.05, 0) is 47.8 Å². The molecule has 0 unspecified atom stereocenters. The molecule has 0 atom stereocenters. The Hall–Kier alpha value is 0.640. The van der Waals surface area contributed by atoms with E-state index in [1.165, 1.54) is 0 Å². The van der Waals surface area contributed by atoms with Crippen molar-refractivity contribution in [2.45, 2.75) is 11.8 Å². The molecule has 0 N–H and O–H groups in total. The molecule has 0 saturated heterocycles. The van der Waals surface area contributed by atoms with Gasteiger partial charge in [0.2, 0.25) is 0 Å². The minimum atomic E-state index is -3.43. The van der Waals surface area contributed by atoms with Crippen molar-refractivity contribution in [3.8, 4) is 0 Å². The average Bonchev–Trinajstić information content (AvgIpc) is 1.98. The quantitative estimate of drug-likeness (QED) is 0.534. The fourth-order valence-electron chi connectivity index (χ4n) is 0.702. The Bertz CT molecular complexity index is 305. The topological polar surface area (TPSA) is 0 Å². The Labute approximate surface area is 96.4 Å².